The van der Waals surface area contributed by atoms with Gasteiger partial charge in [0.15, 0.2) is 0 Å². The highest BCUT2D eigenvalue weighted by Gasteiger charge is 2.55. The molecule has 194 valence electrons. The Morgan fingerprint density at radius 3 is 2.57 bits per heavy atom. The molecule has 0 radical (unpaired) electrons. The van der Waals surface area contributed by atoms with Crippen molar-refractivity contribution in [2.45, 2.75) is 45.7 Å². The van der Waals surface area contributed by atoms with E-state index in [4.69, 9.17) is 5.73 Å². The van der Waals surface area contributed by atoms with Crippen LogP contribution >= 0.6 is 0 Å². The summed E-state index contributed by atoms with van der Waals surface area (Å²) in [4.78, 5) is 51.2. The molecule has 0 aliphatic carbocycles. The molecule has 1 aliphatic heterocycles. The van der Waals surface area contributed by atoms with Crippen LogP contribution in [0.4, 0.5) is 16.6 Å². The van der Waals surface area contributed by atoms with Crippen LogP contribution in [0.3, 0.4) is 0 Å². The summed E-state index contributed by atoms with van der Waals surface area (Å²) in [5.41, 5.74) is 9.70. The number of carbonyl (C=O) groups is 3. The summed E-state index contributed by atoms with van der Waals surface area (Å²) in [5.74, 6) is -0.778. The van der Waals surface area contributed by atoms with E-state index in [-0.39, 0.29) is 12.5 Å². The number of likely N-dealkylation sites (tertiary alicyclic amines) is 1. The Labute approximate surface area is 216 Å². The average Bonchev–Trinajstić information content (AvgIpc) is 3.30. The van der Waals surface area contributed by atoms with Crippen molar-refractivity contribution < 1.29 is 14.4 Å². The molecule has 0 saturated carbocycles. The molecule has 0 spiro atoms. The first-order valence-electron chi connectivity index (χ1n) is 12.3. The van der Waals surface area contributed by atoms with Crippen LogP contribution < -0.4 is 16.0 Å². The van der Waals surface area contributed by atoms with Gasteiger partial charge in [-0.05, 0) is 55.5 Å². The molecule has 1 aromatic carbocycles. The van der Waals surface area contributed by atoms with Crippen LogP contribution in [-0.2, 0) is 23.1 Å². The van der Waals surface area contributed by atoms with Gasteiger partial charge in [-0.3, -0.25) is 19.4 Å². The van der Waals surface area contributed by atoms with E-state index in [1.807, 2.05) is 39.0 Å². The van der Waals surface area contributed by atoms with Crippen molar-refractivity contribution in [2.75, 3.05) is 17.7 Å². The largest absolute Gasteiger partial charge is 0.384 e. The molecule has 0 unspecified atom stereocenters. The Morgan fingerprint density at radius 1 is 1.16 bits per heavy atom. The number of nitrogen functional groups attached to an aromatic ring is 1. The number of likely N-dealkylation sites (N-methyl/N-ethyl adjacent to an activating group) is 1. The highest BCUT2D eigenvalue weighted by atomic mass is 16.2. The first kappa shape index (κ1) is 25.9. The second-order valence-electron chi connectivity index (χ2n) is 9.56. The van der Waals surface area contributed by atoms with Crippen LogP contribution in [0.15, 0.2) is 48.9 Å². The molecular formula is C27H33N7O3. The Morgan fingerprint density at radius 2 is 1.92 bits per heavy atom. The molecule has 3 aromatic rings. The fourth-order valence-electron chi connectivity index (χ4n) is 4.86. The third-order valence-electron chi connectivity index (χ3n) is 6.93. The van der Waals surface area contributed by atoms with Gasteiger partial charge in [-0.2, -0.15) is 0 Å². The molecular weight excluding hydrogens is 470 g/mol. The minimum Gasteiger partial charge on any atom is -0.384 e. The lowest BCUT2D eigenvalue weighted by Crippen LogP contribution is -2.70. The lowest BCUT2D eigenvalue weighted by molar-refractivity contribution is -0.156. The number of hydrogen-bond donors (Lipinski definition) is 2. The van der Waals surface area contributed by atoms with Crippen LogP contribution in [-0.4, -0.2) is 50.4 Å². The van der Waals surface area contributed by atoms with Crippen LogP contribution in [0, 0.1) is 19.8 Å². The Kier molecular flexibility index (Phi) is 7.28. The molecule has 1 fully saturated rings. The van der Waals surface area contributed by atoms with Crippen molar-refractivity contribution in [2.24, 2.45) is 13.0 Å². The maximum atomic E-state index is 13.7. The third-order valence-corrected chi connectivity index (χ3v) is 6.93. The highest BCUT2D eigenvalue weighted by Crippen LogP contribution is 2.33. The first-order chi connectivity index (χ1) is 17.6. The topological polar surface area (TPSA) is 126 Å². The van der Waals surface area contributed by atoms with E-state index in [0.717, 1.165) is 27.2 Å². The smallest absolute Gasteiger partial charge is 0.325 e. The lowest BCUT2D eigenvalue weighted by Gasteiger charge is -2.45. The van der Waals surface area contributed by atoms with Gasteiger partial charge in [0.25, 0.3) is 5.91 Å². The number of carbonyl (C=O) groups excluding carboxylic acids is 3. The Bertz CT molecular complexity index is 1340. The summed E-state index contributed by atoms with van der Waals surface area (Å²) in [6.07, 6.45) is 5.76. The maximum absolute atomic E-state index is 13.7. The minimum absolute atomic E-state index is 0.258. The molecule has 1 saturated heterocycles. The van der Waals surface area contributed by atoms with Gasteiger partial charge in [0.2, 0.25) is 11.9 Å². The van der Waals surface area contributed by atoms with Crippen molar-refractivity contribution in [1.82, 2.24) is 24.8 Å². The van der Waals surface area contributed by atoms with E-state index >= 15 is 0 Å². The number of benzene rings is 1. The normalized spacial score (nSPS) is 17.8. The second kappa shape index (κ2) is 10.4. The van der Waals surface area contributed by atoms with Gasteiger partial charge in [0.05, 0.1) is 12.0 Å². The molecule has 2 aromatic heterocycles. The standard InChI is InChI=1S/C27H33N7O3/c1-6-21(19-13-16(2)7-8-17(19)3)31-27(37)34-23(25(36)33(5)26-30-11-12-32(26)4)20(24(34)35)14-18-9-10-29-22(28)15-18/h7-13,15,20-21,23H,6,14H2,1-5H3,(H2,28,29)(H,31,37)/t20-,21-,23+/m1/s1. The molecule has 37 heavy (non-hydrogen) atoms. The van der Waals surface area contributed by atoms with Crippen molar-refractivity contribution >= 4 is 29.6 Å². The van der Waals surface area contributed by atoms with Crippen LogP contribution in [0.2, 0.25) is 0 Å². The monoisotopic (exact) mass is 503 g/mol. The molecule has 3 atom stereocenters. The zero-order valence-electron chi connectivity index (χ0n) is 21.8. The number of amides is 4. The molecule has 3 heterocycles. The van der Waals surface area contributed by atoms with E-state index in [1.165, 1.54) is 4.90 Å². The number of β-lactam (4-membered cyclic amide) rings is 1. The number of nitrogens with two attached hydrogens (primary N) is 1. The number of aromatic nitrogens is 3. The van der Waals surface area contributed by atoms with Gasteiger partial charge in [0, 0.05) is 32.7 Å². The first-order valence-corrected chi connectivity index (χ1v) is 12.3. The van der Waals surface area contributed by atoms with Gasteiger partial charge < -0.3 is 15.6 Å². The number of aryl methyl sites for hydroxylation is 3. The number of urea groups is 1. The fourth-order valence-corrected chi connectivity index (χ4v) is 4.86. The van der Waals surface area contributed by atoms with Gasteiger partial charge in [-0.25, -0.2) is 14.8 Å². The quantitative estimate of drug-likeness (QED) is 0.478. The lowest BCUT2D eigenvalue weighted by atomic mass is 9.81. The summed E-state index contributed by atoms with van der Waals surface area (Å²) in [6, 6.07) is 7.62. The van der Waals surface area contributed by atoms with Gasteiger partial charge in [0.1, 0.15) is 11.9 Å². The number of hydrogen-bond acceptors (Lipinski definition) is 6. The summed E-state index contributed by atoms with van der Waals surface area (Å²) in [6.45, 7) is 5.96. The second-order valence-corrected chi connectivity index (χ2v) is 9.56. The number of rotatable bonds is 7. The van der Waals surface area contributed by atoms with Gasteiger partial charge in [-0.15, -0.1) is 0 Å². The molecule has 3 N–H and O–H groups in total. The third kappa shape index (κ3) is 5.04. The van der Waals surface area contributed by atoms with Gasteiger partial charge in [-0.1, -0.05) is 30.7 Å². The van der Waals surface area contributed by atoms with E-state index in [9.17, 15) is 14.4 Å². The summed E-state index contributed by atoms with van der Waals surface area (Å²) in [5, 5.41) is 2.99. The number of imidazole rings is 1. The van der Waals surface area contributed by atoms with E-state index in [0.29, 0.717) is 18.2 Å². The zero-order valence-corrected chi connectivity index (χ0v) is 21.8. The summed E-state index contributed by atoms with van der Waals surface area (Å²) < 4.78 is 1.70. The highest BCUT2D eigenvalue weighted by molar-refractivity contribution is 6.12. The number of anilines is 2. The molecule has 1 aliphatic rings. The molecule has 10 heteroatoms. The Hall–Kier alpha value is -4.21. The summed E-state index contributed by atoms with van der Waals surface area (Å²) >= 11 is 0. The summed E-state index contributed by atoms with van der Waals surface area (Å²) in [7, 11) is 3.37. The molecule has 0 bridgehead atoms. The predicted octanol–water partition coefficient (Wildman–Crippen LogP) is 2.91. The van der Waals surface area contributed by atoms with Crippen molar-refractivity contribution in [1.29, 1.82) is 0 Å². The Balaban J connectivity index is 1.62. The average molecular weight is 504 g/mol. The van der Waals surface area contributed by atoms with Crippen LogP contribution in [0.1, 0.15) is 41.6 Å². The fraction of sp³-hybridized carbons (Fsp3) is 0.370. The molecule has 4 rings (SSSR count). The van der Waals surface area contributed by atoms with E-state index in [1.54, 1.807) is 49.4 Å². The molecule has 10 nitrogen and oxygen atoms in total. The van der Waals surface area contributed by atoms with E-state index < -0.39 is 29.8 Å². The molecule has 4 amide bonds. The van der Waals surface area contributed by atoms with Crippen LogP contribution in [0.5, 0.6) is 0 Å². The van der Waals surface area contributed by atoms with Crippen molar-refractivity contribution in [3.63, 3.8) is 0 Å². The SMILES string of the molecule is CC[C@@H](NC(=O)N1C(=O)[C@H](Cc2ccnc(N)c2)[C@H]1C(=O)N(C)c1nccn1C)c1cc(C)ccc1C. The minimum atomic E-state index is -0.986. The van der Waals surface area contributed by atoms with Crippen molar-refractivity contribution in [3.05, 3.63) is 71.2 Å². The number of nitrogens with one attached hydrogen (secondary N) is 1. The predicted molar refractivity (Wildman–Crippen MR) is 141 cm³/mol. The van der Waals surface area contributed by atoms with Gasteiger partial charge >= 0.3 is 6.03 Å². The number of imide groups is 1. The zero-order chi connectivity index (χ0) is 26.9. The maximum Gasteiger partial charge on any atom is 0.325 e. The van der Waals surface area contributed by atoms with E-state index in [2.05, 4.69) is 15.3 Å². The number of pyridine rings is 1. The number of nitrogens with zero attached hydrogens (tertiary/aromatic N) is 5. The van der Waals surface area contributed by atoms with Crippen LogP contribution in [0.25, 0.3) is 0 Å². The van der Waals surface area contributed by atoms with Crippen molar-refractivity contribution in [3.8, 4) is 0 Å².